The van der Waals surface area contributed by atoms with Gasteiger partial charge in [-0.2, -0.15) is 17.0 Å². The van der Waals surface area contributed by atoms with Gasteiger partial charge in [-0.25, -0.2) is 0 Å². The molecular weight excluding hydrogens is 260 g/mol. The summed E-state index contributed by atoms with van der Waals surface area (Å²) >= 11 is 1.85. The third-order valence-electron chi connectivity index (χ3n) is 3.56. The van der Waals surface area contributed by atoms with Crippen molar-refractivity contribution < 1.29 is 9.90 Å². The summed E-state index contributed by atoms with van der Waals surface area (Å²) in [4.78, 5) is 13.2. The highest BCUT2D eigenvalue weighted by Crippen LogP contribution is 2.23. The van der Waals surface area contributed by atoms with Crippen LogP contribution in [0.3, 0.4) is 0 Å². The molecule has 1 aliphatic rings. The first-order valence-electron chi connectivity index (χ1n) is 6.89. The smallest absolute Gasteiger partial charge is 0.304 e. The van der Waals surface area contributed by atoms with Crippen LogP contribution in [0.25, 0.3) is 0 Å². The SMILES string of the molecule is CC(C)(C#N)CCCCN1CCSCC1CC(=O)O. The second kappa shape index (κ2) is 7.76. The van der Waals surface area contributed by atoms with Crippen LogP contribution >= 0.6 is 11.8 Å². The van der Waals surface area contributed by atoms with E-state index in [-0.39, 0.29) is 17.9 Å². The third-order valence-corrected chi connectivity index (χ3v) is 4.65. The maximum atomic E-state index is 10.8. The molecule has 1 atom stereocenters. The van der Waals surface area contributed by atoms with E-state index in [0.29, 0.717) is 0 Å². The Morgan fingerprint density at radius 3 is 2.89 bits per heavy atom. The monoisotopic (exact) mass is 284 g/mol. The molecule has 1 N–H and O–H groups in total. The molecule has 0 saturated carbocycles. The van der Waals surface area contributed by atoms with E-state index in [9.17, 15) is 4.79 Å². The number of hydrogen-bond donors (Lipinski definition) is 1. The van der Waals surface area contributed by atoms with Crippen molar-refractivity contribution in [3.8, 4) is 6.07 Å². The molecule has 0 aromatic heterocycles. The lowest BCUT2D eigenvalue weighted by molar-refractivity contribution is -0.138. The van der Waals surface area contributed by atoms with Crippen molar-refractivity contribution >= 4 is 17.7 Å². The average Bonchev–Trinajstić information content (AvgIpc) is 2.36. The van der Waals surface area contributed by atoms with Gasteiger partial charge in [-0.3, -0.25) is 9.69 Å². The zero-order chi connectivity index (χ0) is 14.3. The maximum absolute atomic E-state index is 10.8. The molecule has 0 bridgehead atoms. The lowest BCUT2D eigenvalue weighted by Crippen LogP contribution is -2.44. The van der Waals surface area contributed by atoms with E-state index in [1.54, 1.807) is 0 Å². The summed E-state index contributed by atoms with van der Waals surface area (Å²) in [6.45, 7) is 5.89. The van der Waals surface area contributed by atoms with Gasteiger partial charge in [0, 0.05) is 24.1 Å². The number of rotatable bonds is 7. The predicted octanol–water partition coefficient (Wildman–Crippen LogP) is 2.60. The van der Waals surface area contributed by atoms with Gasteiger partial charge in [-0.05, 0) is 33.2 Å². The standard InChI is InChI=1S/C14H24N2O2S/c1-14(2,11-15)5-3-4-6-16-7-8-19-10-12(16)9-13(17)18/h12H,3-10H2,1-2H3,(H,17,18). The highest BCUT2D eigenvalue weighted by molar-refractivity contribution is 7.99. The van der Waals surface area contributed by atoms with E-state index in [4.69, 9.17) is 10.4 Å². The van der Waals surface area contributed by atoms with E-state index in [1.807, 2.05) is 25.6 Å². The number of carboxylic acid groups (broad SMARTS) is 1. The summed E-state index contributed by atoms with van der Waals surface area (Å²) in [5, 5.41) is 17.9. The Morgan fingerprint density at radius 2 is 2.26 bits per heavy atom. The molecular formula is C14H24N2O2S. The van der Waals surface area contributed by atoms with E-state index in [0.717, 1.165) is 43.9 Å². The molecule has 0 aromatic rings. The van der Waals surface area contributed by atoms with Crippen molar-refractivity contribution in [2.75, 3.05) is 24.6 Å². The molecule has 5 heteroatoms. The molecule has 19 heavy (non-hydrogen) atoms. The number of unbranched alkanes of at least 4 members (excludes halogenated alkanes) is 1. The summed E-state index contributed by atoms with van der Waals surface area (Å²) < 4.78 is 0. The lowest BCUT2D eigenvalue weighted by Gasteiger charge is -2.34. The number of nitrogens with zero attached hydrogens (tertiary/aromatic N) is 2. The number of carboxylic acids is 1. The van der Waals surface area contributed by atoms with E-state index < -0.39 is 5.97 Å². The van der Waals surface area contributed by atoms with Gasteiger partial charge in [-0.1, -0.05) is 6.42 Å². The second-order valence-corrected chi connectivity index (χ2v) is 6.97. The Morgan fingerprint density at radius 1 is 1.53 bits per heavy atom. The highest BCUT2D eigenvalue weighted by atomic mass is 32.2. The van der Waals surface area contributed by atoms with Gasteiger partial charge in [0.2, 0.25) is 0 Å². The van der Waals surface area contributed by atoms with Crippen LogP contribution in [0.4, 0.5) is 0 Å². The molecule has 4 nitrogen and oxygen atoms in total. The van der Waals surface area contributed by atoms with Crippen molar-refractivity contribution in [2.24, 2.45) is 5.41 Å². The van der Waals surface area contributed by atoms with Gasteiger partial charge in [0.05, 0.1) is 17.9 Å². The van der Waals surface area contributed by atoms with Crippen LogP contribution in [0.5, 0.6) is 0 Å². The van der Waals surface area contributed by atoms with Crippen molar-refractivity contribution in [2.45, 2.75) is 45.6 Å². The largest absolute Gasteiger partial charge is 0.481 e. The minimum Gasteiger partial charge on any atom is -0.481 e. The zero-order valence-electron chi connectivity index (χ0n) is 11.9. The third kappa shape index (κ3) is 6.31. The first-order chi connectivity index (χ1) is 8.94. The summed E-state index contributed by atoms with van der Waals surface area (Å²) in [7, 11) is 0. The first-order valence-corrected chi connectivity index (χ1v) is 8.05. The number of nitriles is 1. The molecule has 1 saturated heterocycles. The minimum absolute atomic E-state index is 0.181. The zero-order valence-corrected chi connectivity index (χ0v) is 12.7. The highest BCUT2D eigenvalue weighted by Gasteiger charge is 2.24. The fraction of sp³-hybridized carbons (Fsp3) is 0.857. The number of aliphatic carboxylic acids is 1. The van der Waals surface area contributed by atoms with Crippen molar-refractivity contribution in [3.05, 3.63) is 0 Å². The molecule has 0 aromatic carbocycles. The molecule has 1 fully saturated rings. The Balaban J connectivity index is 2.30. The maximum Gasteiger partial charge on any atom is 0.304 e. The Kier molecular flexibility index (Phi) is 6.67. The molecule has 108 valence electrons. The van der Waals surface area contributed by atoms with Gasteiger partial charge < -0.3 is 5.11 Å². The molecule has 0 spiro atoms. The predicted molar refractivity (Wildman–Crippen MR) is 78.2 cm³/mol. The van der Waals surface area contributed by atoms with Crippen LogP contribution in [-0.2, 0) is 4.79 Å². The van der Waals surface area contributed by atoms with Crippen LogP contribution < -0.4 is 0 Å². The van der Waals surface area contributed by atoms with E-state index >= 15 is 0 Å². The van der Waals surface area contributed by atoms with Crippen LogP contribution in [0.15, 0.2) is 0 Å². The van der Waals surface area contributed by atoms with Crippen LogP contribution in [0.1, 0.15) is 39.5 Å². The van der Waals surface area contributed by atoms with Crippen LogP contribution in [0.2, 0.25) is 0 Å². The fourth-order valence-electron chi connectivity index (χ4n) is 2.31. The molecule has 1 aliphatic heterocycles. The van der Waals surface area contributed by atoms with Crippen molar-refractivity contribution in [1.82, 2.24) is 4.90 Å². The van der Waals surface area contributed by atoms with Gasteiger partial charge in [0.15, 0.2) is 0 Å². The van der Waals surface area contributed by atoms with Crippen molar-refractivity contribution in [1.29, 1.82) is 5.26 Å². The number of thioether (sulfide) groups is 1. The molecule has 0 radical (unpaired) electrons. The van der Waals surface area contributed by atoms with Crippen LogP contribution in [-0.4, -0.2) is 46.6 Å². The molecule has 0 amide bonds. The Hall–Kier alpha value is -0.730. The second-order valence-electron chi connectivity index (χ2n) is 5.82. The van der Waals surface area contributed by atoms with Crippen LogP contribution in [0, 0.1) is 16.7 Å². The summed E-state index contributed by atoms with van der Waals surface area (Å²) in [5.41, 5.74) is -0.238. The normalized spacial score (nSPS) is 21.0. The summed E-state index contributed by atoms with van der Waals surface area (Å²) in [6.07, 6.45) is 3.24. The van der Waals surface area contributed by atoms with Crippen molar-refractivity contribution in [3.63, 3.8) is 0 Å². The molecule has 1 heterocycles. The Bertz CT molecular complexity index is 339. The Labute approximate surface area is 120 Å². The number of carbonyl (C=O) groups is 1. The van der Waals surface area contributed by atoms with E-state index in [1.165, 1.54) is 0 Å². The fourth-order valence-corrected chi connectivity index (χ4v) is 3.44. The molecule has 1 rings (SSSR count). The average molecular weight is 284 g/mol. The van der Waals surface area contributed by atoms with Gasteiger partial charge in [0.25, 0.3) is 0 Å². The summed E-state index contributed by atoms with van der Waals surface area (Å²) in [5.74, 6) is 1.32. The van der Waals surface area contributed by atoms with Gasteiger partial charge in [0.1, 0.15) is 0 Å². The van der Waals surface area contributed by atoms with Gasteiger partial charge in [-0.15, -0.1) is 0 Å². The number of hydrogen-bond acceptors (Lipinski definition) is 4. The lowest BCUT2D eigenvalue weighted by atomic mass is 9.89. The minimum atomic E-state index is -0.705. The first kappa shape index (κ1) is 16.3. The van der Waals surface area contributed by atoms with E-state index in [2.05, 4.69) is 11.0 Å². The van der Waals surface area contributed by atoms with Gasteiger partial charge >= 0.3 is 5.97 Å². The quantitative estimate of drug-likeness (QED) is 0.728. The summed E-state index contributed by atoms with van der Waals surface area (Å²) in [6, 6.07) is 2.50. The molecule has 1 unspecified atom stereocenters. The topological polar surface area (TPSA) is 64.3 Å². The molecule has 0 aliphatic carbocycles.